The van der Waals surface area contributed by atoms with Crippen molar-refractivity contribution in [1.29, 1.82) is 0 Å². The summed E-state index contributed by atoms with van der Waals surface area (Å²) in [6.07, 6.45) is 51.6. The monoisotopic (exact) mass is 1760 g/mol. The van der Waals surface area contributed by atoms with Gasteiger partial charge < -0.3 is 42.6 Å². The molecule has 0 saturated heterocycles. The van der Waals surface area contributed by atoms with Crippen LogP contribution in [0.15, 0.2) is 306 Å². The van der Waals surface area contributed by atoms with E-state index in [1.807, 2.05) is 202 Å². The highest BCUT2D eigenvalue weighted by Gasteiger charge is 2.19. The molecule has 132 heavy (non-hydrogen) atoms. The van der Waals surface area contributed by atoms with E-state index in [1.165, 1.54) is 0 Å². The zero-order valence-electron chi connectivity index (χ0n) is 71.7. The molecular formula is C96H87N27O9. The lowest BCUT2D eigenvalue weighted by molar-refractivity contribution is 0.141. The largest absolute Gasteiger partial charge is 0.487 e. The molecule has 0 unspecified atom stereocenters. The van der Waals surface area contributed by atoms with Crippen molar-refractivity contribution in [3.05, 3.63) is 407 Å². The zero-order valence-corrected chi connectivity index (χ0v) is 71.7. The van der Waals surface area contributed by atoms with Crippen molar-refractivity contribution in [2.75, 3.05) is 39.6 Å². The van der Waals surface area contributed by atoms with E-state index in [4.69, 9.17) is 42.6 Å². The third kappa shape index (κ3) is 24.8. The minimum atomic E-state index is 0.111. The van der Waals surface area contributed by atoms with Crippen molar-refractivity contribution < 1.29 is 42.6 Å². The highest BCUT2D eigenvalue weighted by molar-refractivity contribution is 5.40. The Hall–Kier alpha value is -16.1. The fourth-order valence-corrected chi connectivity index (χ4v) is 14.9. The van der Waals surface area contributed by atoms with Crippen molar-refractivity contribution >= 4 is 0 Å². The second-order valence-electron chi connectivity index (χ2n) is 31.8. The van der Waals surface area contributed by atoms with Crippen molar-refractivity contribution in [2.24, 2.45) is 0 Å². The topological polar surface area (TPSA) is 359 Å². The first-order chi connectivity index (χ1) is 65.1. The molecule has 660 valence electrons. The number of hydrogen-bond donors (Lipinski definition) is 0. The second kappa shape index (κ2) is 42.2. The summed E-state index contributed by atoms with van der Waals surface area (Å²) in [5.74, 6) is 1.82. The number of hydrogen-bond acceptors (Lipinski definition) is 27. The van der Waals surface area contributed by atoms with Crippen LogP contribution in [0.25, 0.3) is 0 Å². The smallest absolute Gasteiger partial charge is 0.134 e. The van der Waals surface area contributed by atoms with Gasteiger partial charge in [-0.2, -0.15) is 0 Å². The van der Waals surface area contributed by atoms with Crippen LogP contribution in [0.2, 0.25) is 0 Å². The molecule has 19 rings (SSSR count). The van der Waals surface area contributed by atoms with Crippen LogP contribution in [-0.4, -0.2) is 175 Å². The third-order valence-electron chi connectivity index (χ3n) is 20.7. The van der Waals surface area contributed by atoms with Gasteiger partial charge >= 0.3 is 0 Å². The molecule has 9 aromatic heterocycles. The first-order valence-electron chi connectivity index (χ1n) is 42.7. The number of aromatic nitrogens is 27. The molecule has 6 aliphatic carbocycles. The van der Waals surface area contributed by atoms with Crippen LogP contribution in [0, 0.1) is 0 Å². The molecule has 0 fully saturated rings. The maximum atomic E-state index is 6.60. The van der Waals surface area contributed by atoms with E-state index in [2.05, 4.69) is 164 Å². The average molecular weight is 1760 g/mol. The highest BCUT2D eigenvalue weighted by Crippen LogP contribution is 2.27. The molecule has 9 heterocycles. The number of ether oxygens (including phenoxy) is 9. The standard InChI is InChI=1S/C96H87N27O9/c1-2-14-70(13-1)55-124-61-85-46-118(106-97-85)40-79-28-80(41-119-47-86(98-107-119)62-125-56-71-15-3-4-16-71)32-94(31-79)130-67-91-52-115(112-103-91)37-76-25-77(38-116-53-92(104-113-116)68-131-95-33-81(42-120-48-87(99-108-120)63-126-57-72-17-5-6-18-72)29-82(34-95)43-121-49-88(100-109-121)64-127-58-73-19-7-8-20-73)27-78(26-76)39-117-54-93(105-114-117)69-132-96-35-83(44-122-50-89(101-110-122)65-128-59-74-21-9-10-22-74)30-84(36-96)45-123-51-90(102-111-123)66-129-60-75-23-11-12-24-75/h1-13,15,17,19,21,23,25-36,46-54H,37-45,55-69H2. The molecule has 4 aromatic carbocycles. The van der Waals surface area contributed by atoms with Gasteiger partial charge in [-0.15, -0.1) is 80.3 Å². The van der Waals surface area contributed by atoms with Crippen molar-refractivity contribution in [1.82, 2.24) is 135 Å². The summed E-state index contributed by atoms with van der Waals surface area (Å²) < 4.78 is 71.4. The fraction of sp³-hybridized carbons (Fsp3) is 0.250. The Balaban J connectivity index is 0.553. The summed E-state index contributed by atoms with van der Waals surface area (Å²) >= 11 is 0. The molecule has 0 aliphatic heterocycles. The second-order valence-corrected chi connectivity index (χ2v) is 31.8. The minimum Gasteiger partial charge on any atom is -0.487 e. The van der Waals surface area contributed by atoms with E-state index in [9.17, 15) is 0 Å². The van der Waals surface area contributed by atoms with Crippen molar-refractivity contribution in [3.63, 3.8) is 0 Å². The fourth-order valence-electron chi connectivity index (χ4n) is 14.9. The summed E-state index contributed by atoms with van der Waals surface area (Å²) in [4.78, 5) is 0. The first kappa shape index (κ1) is 85.3. The van der Waals surface area contributed by atoms with Crippen LogP contribution >= 0.6 is 0 Å². The summed E-state index contributed by atoms with van der Waals surface area (Å²) in [7, 11) is 0. The van der Waals surface area contributed by atoms with Crippen LogP contribution in [0.4, 0.5) is 0 Å². The Labute approximate surface area is 756 Å². The number of rotatable bonds is 51. The Morgan fingerprint density at radius 1 is 0.182 bits per heavy atom. The average Bonchev–Trinajstić information content (AvgIpc) is 1.71. The Bertz CT molecular complexity index is 6020. The summed E-state index contributed by atoms with van der Waals surface area (Å²) in [5, 5.41) is 80.9. The van der Waals surface area contributed by atoms with E-state index in [0.717, 1.165) is 83.5 Å². The van der Waals surface area contributed by atoms with Gasteiger partial charge in [0.2, 0.25) is 0 Å². The molecule has 0 spiro atoms. The molecule has 0 bridgehead atoms. The Morgan fingerprint density at radius 2 is 0.333 bits per heavy atom. The normalized spacial score (nSPS) is 13.5. The summed E-state index contributed by atoms with van der Waals surface area (Å²) in [6.45, 7) is 8.07. The summed E-state index contributed by atoms with van der Waals surface area (Å²) in [6, 6.07) is 24.6. The maximum absolute atomic E-state index is 6.60. The Kier molecular flexibility index (Phi) is 27.3. The number of nitrogens with zero attached hydrogens (tertiary/aromatic N) is 27. The summed E-state index contributed by atoms with van der Waals surface area (Å²) in [5.41, 5.74) is 39.1. The molecular weight excluding hydrogens is 1680 g/mol. The predicted molar refractivity (Wildman–Crippen MR) is 473 cm³/mol. The van der Waals surface area contributed by atoms with E-state index in [-0.39, 0.29) is 19.8 Å². The van der Waals surface area contributed by atoms with Crippen LogP contribution in [0.5, 0.6) is 17.2 Å². The van der Waals surface area contributed by atoms with Gasteiger partial charge in [-0.25, -0.2) is 42.1 Å². The van der Waals surface area contributed by atoms with Crippen molar-refractivity contribution in [3.8, 4) is 17.2 Å². The quantitative estimate of drug-likeness (QED) is 0.0320. The van der Waals surface area contributed by atoms with Crippen LogP contribution in [0.1, 0.15) is 101 Å². The zero-order chi connectivity index (χ0) is 88.7. The van der Waals surface area contributed by atoms with Crippen LogP contribution < -0.4 is 14.2 Å². The lowest BCUT2D eigenvalue weighted by Gasteiger charge is -2.11. The first-order valence-corrected chi connectivity index (χ1v) is 42.7. The lowest BCUT2D eigenvalue weighted by Crippen LogP contribution is -2.08. The molecule has 6 aliphatic rings. The molecule has 36 heteroatoms. The molecule has 0 atom stereocenters. The Morgan fingerprint density at radius 3 is 0.485 bits per heavy atom. The van der Waals surface area contributed by atoms with E-state index < -0.39 is 0 Å². The van der Waals surface area contributed by atoms with Gasteiger partial charge in [0.25, 0.3) is 0 Å². The molecule has 0 radical (unpaired) electrons. The van der Waals surface area contributed by atoms with Gasteiger partial charge in [-0.05, 0) is 159 Å². The number of allylic oxidation sites excluding steroid dienone is 6. The van der Waals surface area contributed by atoms with Crippen LogP contribution in [-0.2, 0) is 147 Å². The van der Waals surface area contributed by atoms with Gasteiger partial charge in [0.15, 0.2) is 0 Å². The van der Waals surface area contributed by atoms with Gasteiger partial charge in [-0.3, -0.25) is 0 Å². The van der Waals surface area contributed by atoms with Gasteiger partial charge in [0, 0.05) is 33.4 Å². The van der Waals surface area contributed by atoms with Gasteiger partial charge in [0.1, 0.15) is 88.3 Å². The third-order valence-corrected chi connectivity index (χ3v) is 20.7. The molecule has 36 nitrogen and oxygen atoms in total. The molecule has 0 amide bonds. The molecule has 13 aromatic rings. The lowest BCUT2D eigenvalue weighted by atomic mass is 10.1. The van der Waals surface area contributed by atoms with Gasteiger partial charge in [0.05, 0.1) is 194 Å². The predicted octanol–water partition coefficient (Wildman–Crippen LogP) is 10.2. The van der Waals surface area contributed by atoms with E-state index in [0.29, 0.717) is 207 Å². The minimum absolute atomic E-state index is 0.111. The molecule has 0 N–H and O–H groups in total. The SMILES string of the molecule is C1=CC=CC=1COCc1cn(Cc2cc(Cn3cc(COCC4=C=CC=C4)nn3)cc(OCc3cn(Cc4cc(Cn5cc(COc6cc(Cn7cc(COCC8=C=CC=C8)nn7)cc(Cn7cc(COCC8=C=CC=C8)nn7)c6)nn5)cc(Cn5cc(COc6cc(Cn7cc(COCC8=C=CC=C8)nn7)cc(Cn7cc(COCC8=C=CC=C8)nn7)c6)nn5)c4)nn3)c2)nn1. The van der Waals surface area contributed by atoms with Gasteiger partial charge in [-0.1, -0.05) is 120 Å². The molecule has 0 saturated carbocycles. The number of benzene rings is 4. The van der Waals surface area contributed by atoms with Crippen LogP contribution in [0.3, 0.4) is 0 Å². The van der Waals surface area contributed by atoms with Crippen molar-refractivity contribution in [2.45, 2.75) is 118 Å². The van der Waals surface area contributed by atoms with E-state index in [1.54, 1.807) is 42.1 Å². The maximum Gasteiger partial charge on any atom is 0.134 e. The highest BCUT2D eigenvalue weighted by atomic mass is 16.5. The van der Waals surface area contributed by atoms with E-state index >= 15 is 0 Å².